The zero-order valence-corrected chi connectivity index (χ0v) is 21.0. The van der Waals surface area contributed by atoms with Gasteiger partial charge in [0.15, 0.2) is 12.9 Å². The Morgan fingerprint density at radius 3 is 2.33 bits per heavy atom. The highest BCUT2D eigenvalue weighted by atomic mass is 32.2. The van der Waals surface area contributed by atoms with Gasteiger partial charge in [0.25, 0.3) is 0 Å². The van der Waals surface area contributed by atoms with Crippen molar-refractivity contribution in [2.75, 3.05) is 64.1 Å². The van der Waals surface area contributed by atoms with Gasteiger partial charge in [-0.3, -0.25) is 4.84 Å². The van der Waals surface area contributed by atoms with Gasteiger partial charge in [-0.1, -0.05) is 0 Å². The van der Waals surface area contributed by atoms with Crippen molar-refractivity contribution in [3.8, 4) is 5.75 Å². The molecule has 3 fully saturated rings. The van der Waals surface area contributed by atoms with Gasteiger partial charge < -0.3 is 19.1 Å². The predicted octanol–water partition coefficient (Wildman–Crippen LogP) is 2.68. The summed E-state index contributed by atoms with van der Waals surface area (Å²) in [4.78, 5) is 7.65. The van der Waals surface area contributed by atoms with E-state index in [-0.39, 0.29) is 18.6 Å². The van der Waals surface area contributed by atoms with Crippen LogP contribution < -0.4 is 15.1 Å². The number of piperazine rings is 1. The molecule has 0 aromatic heterocycles. The first-order valence-electron chi connectivity index (χ1n) is 12.3. The van der Waals surface area contributed by atoms with Crippen molar-refractivity contribution in [2.24, 2.45) is 0 Å². The minimum Gasteiger partial charge on any atom is -0.484 e. The zero-order chi connectivity index (χ0) is 25.7. The van der Waals surface area contributed by atoms with Gasteiger partial charge in [-0.2, -0.15) is 23.0 Å². The fourth-order valence-corrected chi connectivity index (χ4v) is 6.83. The molecule has 36 heavy (non-hydrogen) atoms. The number of hydroxylamine groups is 1. The van der Waals surface area contributed by atoms with Crippen LogP contribution in [-0.4, -0.2) is 89.1 Å². The van der Waals surface area contributed by atoms with Crippen molar-refractivity contribution in [3.05, 3.63) is 24.3 Å². The fraction of sp³-hybridized carbons (Fsp3) is 0.739. The summed E-state index contributed by atoms with van der Waals surface area (Å²) in [5, 5.41) is 0. The first-order valence-corrected chi connectivity index (χ1v) is 13.7. The summed E-state index contributed by atoms with van der Waals surface area (Å²) in [7, 11) is -3.67. The van der Waals surface area contributed by atoms with Crippen molar-refractivity contribution in [1.82, 2.24) is 9.79 Å². The van der Waals surface area contributed by atoms with E-state index in [4.69, 9.17) is 19.0 Å². The molecule has 3 heterocycles. The van der Waals surface area contributed by atoms with Gasteiger partial charge in [-0.05, 0) is 49.9 Å². The van der Waals surface area contributed by atoms with E-state index in [0.717, 1.165) is 24.9 Å². The van der Waals surface area contributed by atoms with E-state index in [9.17, 15) is 21.6 Å². The summed E-state index contributed by atoms with van der Waals surface area (Å²) < 4.78 is 80.9. The number of rotatable bonds is 9. The summed E-state index contributed by atoms with van der Waals surface area (Å²) in [6.07, 6.45) is -1.24. The molecule has 0 radical (unpaired) electrons. The SMILES string of the molecule is O=S(=O)(N1CCN(c2ccc(OCC(F)(F)F)cc2)CC1)C1(CNOC2CCCCO2)CCOCC1. The average molecular weight is 538 g/mol. The topological polar surface area (TPSA) is 89.6 Å². The van der Waals surface area contributed by atoms with Crippen LogP contribution in [0.25, 0.3) is 0 Å². The number of anilines is 1. The first kappa shape index (κ1) is 27.4. The van der Waals surface area contributed by atoms with E-state index in [0.29, 0.717) is 58.8 Å². The summed E-state index contributed by atoms with van der Waals surface area (Å²) >= 11 is 0. The number of hydrogen-bond acceptors (Lipinski definition) is 8. The number of halogens is 3. The third-order valence-corrected chi connectivity index (χ3v) is 9.57. The van der Waals surface area contributed by atoms with Crippen molar-refractivity contribution < 1.29 is 40.6 Å². The molecule has 1 unspecified atom stereocenters. The molecule has 1 N–H and O–H groups in total. The maximum atomic E-state index is 13.8. The van der Waals surface area contributed by atoms with Gasteiger partial charge in [0, 0.05) is 64.7 Å². The largest absolute Gasteiger partial charge is 0.484 e. The lowest BCUT2D eigenvalue weighted by molar-refractivity contribution is -0.198. The van der Waals surface area contributed by atoms with Crippen LogP contribution in [-0.2, 0) is 24.3 Å². The highest BCUT2D eigenvalue weighted by Gasteiger charge is 2.49. The Balaban J connectivity index is 1.34. The molecular formula is C23H34F3N3O6S. The number of nitrogens with zero attached hydrogens (tertiary/aromatic N) is 2. The summed E-state index contributed by atoms with van der Waals surface area (Å²) in [6.45, 7) is 1.72. The lowest BCUT2D eigenvalue weighted by Crippen LogP contribution is -2.60. The highest BCUT2D eigenvalue weighted by molar-refractivity contribution is 7.90. The van der Waals surface area contributed by atoms with E-state index in [2.05, 4.69) is 5.48 Å². The van der Waals surface area contributed by atoms with Gasteiger partial charge in [0.05, 0.1) is 0 Å². The highest BCUT2D eigenvalue weighted by Crippen LogP contribution is 2.33. The second-order valence-electron chi connectivity index (χ2n) is 9.32. The average Bonchev–Trinajstić information content (AvgIpc) is 2.88. The smallest absolute Gasteiger partial charge is 0.422 e. The van der Waals surface area contributed by atoms with Crippen LogP contribution in [0.4, 0.5) is 18.9 Å². The van der Waals surface area contributed by atoms with Gasteiger partial charge in [-0.25, -0.2) is 8.42 Å². The van der Waals surface area contributed by atoms with E-state index < -0.39 is 27.6 Å². The molecule has 4 rings (SSSR count). The monoisotopic (exact) mass is 537 g/mol. The van der Waals surface area contributed by atoms with Crippen molar-refractivity contribution in [3.63, 3.8) is 0 Å². The van der Waals surface area contributed by atoms with E-state index in [1.807, 2.05) is 4.90 Å². The van der Waals surface area contributed by atoms with Gasteiger partial charge in [0.2, 0.25) is 10.0 Å². The summed E-state index contributed by atoms with van der Waals surface area (Å²) in [6, 6.07) is 6.35. The third-order valence-electron chi connectivity index (χ3n) is 6.88. The molecule has 3 aliphatic heterocycles. The first-order chi connectivity index (χ1) is 17.2. The maximum Gasteiger partial charge on any atom is 0.422 e. The molecular weight excluding hydrogens is 503 g/mol. The number of benzene rings is 1. The molecule has 9 nitrogen and oxygen atoms in total. The van der Waals surface area contributed by atoms with Crippen molar-refractivity contribution in [2.45, 2.75) is 49.3 Å². The number of alkyl halides is 3. The van der Waals surface area contributed by atoms with E-state index >= 15 is 0 Å². The number of sulfonamides is 1. The second kappa shape index (κ2) is 11.8. The number of ether oxygens (including phenoxy) is 3. The molecule has 1 aromatic rings. The molecule has 1 aromatic carbocycles. The number of nitrogens with one attached hydrogen (secondary N) is 1. The number of hydrogen-bond donors (Lipinski definition) is 1. The lowest BCUT2D eigenvalue weighted by atomic mass is 9.99. The van der Waals surface area contributed by atoms with Gasteiger partial charge >= 0.3 is 6.18 Å². The van der Waals surface area contributed by atoms with Crippen molar-refractivity contribution >= 4 is 15.7 Å². The molecule has 13 heteroatoms. The minimum atomic E-state index is -4.40. The maximum absolute atomic E-state index is 13.8. The van der Waals surface area contributed by atoms with Crippen LogP contribution in [0.1, 0.15) is 32.1 Å². The Bertz CT molecular complexity index is 927. The standard InChI is InChI=1S/C23H34F3N3O6S/c24-23(25,26)18-34-20-6-4-19(5-7-20)28-10-12-29(13-11-28)36(30,31)22(8-15-32-16-9-22)17-27-35-21-3-1-2-14-33-21/h4-7,21,27H,1-3,8-18H2. The Hall–Kier alpha value is -1.64. The second-order valence-corrected chi connectivity index (χ2v) is 11.7. The molecule has 204 valence electrons. The Morgan fingerprint density at radius 1 is 1.03 bits per heavy atom. The Kier molecular flexibility index (Phi) is 9.00. The Labute approximate surface area is 209 Å². The zero-order valence-electron chi connectivity index (χ0n) is 20.2. The van der Waals surface area contributed by atoms with Crippen LogP contribution in [0, 0.1) is 0 Å². The van der Waals surface area contributed by atoms with E-state index in [1.54, 1.807) is 12.1 Å². The van der Waals surface area contributed by atoms with Gasteiger partial charge in [-0.15, -0.1) is 0 Å². The van der Waals surface area contributed by atoms with Crippen LogP contribution in [0.15, 0.2) is 24.3 Å². The molecule has 0 spiro atoms. The molecule has 0 aliphatic carbocycles. The normalized spacial score (nSPS) is 24.0. The molecule has 3 saturated heterocycles. The van der Waals surface area contributed by atoms with Crippen LogP contribution in [0.3, 0.4) is 0 Å². The van der Waals surface area contributed by atoms with Crippen LogP contribution >= 0.6 is 0 Å². The molecule has 0 saturated carbocycles. The predicted molar refractivity (Wildman–Crippen MR) is 126 cm³/mol. The molecule has 0 amide bonds. The Morgan fingerprint density at radius 2 is 1.72 bits per heavy atom. The van der Waals surface area contributed by atoms with Gasteiger partial charge in [0.1, 0.15) is 10.5 Å². The fourth-order valence-electron chi connectivity index (χ4n) is 4.72. The summed E-state index contributed by atoms with van der Waals surface area (Å²) in [5.74, 6) is 0.132. The molecule has 1 atom stereocenters. The molecule has 3 aliphatic rings. The quantitative estimate of drug-likeness (QED) is 0.481. The third kappa shape index (κ3) is 6.81. The van der Waals surface area contributed by atoms with E-state index in [1.165, 1.54) is 16.4 Å². The van der Waals surface area contributed by atoms with Crippen LogP contribution in [0.5, 0.6) is 5.75 Å². The molecule has 0 bridgehead atoms. The lowest BCUT2D eigenvalue weighted by Gasteiger charge is -2.43. The summed E-state index contributed by atoms with van der Waals surface area (Å²) in [5.41, 5.74) is 3.69. The van der Waals surface area contributed by atoms with Crippen LogP contribution in [0.2, 0.25) is 0 Å². The van der Waals surface area contributed by atoms with Crippen molar-refractivity contribution in [1.29, 1.82) is 0 Å². The minimum absolute atomic E-state index is 0.132.